The zero-order valence-corrected chi connectivity index (χ0v) is 14.6. The van der Waals surface area contributed by atoms with E-state index >= 15 is 0 Å². The topological polar surface area (TPSA) is 79.1 Å². The number of rotatable bonds is 2. The minimum absolute atomic E-state index is 0. The molecule has 1 aromatic heterocycles. The Morgan fingerprint density at radius 2 is 1.78 bits per heavy atom. The lowest BCUT2D eigenvalue weighted by Crippen LogP contribution is -2.08. The van der Waals surface area contributed by atoms with Crippen molar-refractivity contribution in [1.29, 1.82) is 0 Å². The Kier molecular flexibility index (Phi) is 5.37. The number of hydrogen-bond acceptors (Lipinski definition) is 4. The summed E-state index contributed by atoms with van der Waals surface area (Å²) < 4.78 is 0. The van der Waals surface area contributed by atoms with Crippen LogP contribution in [0, 0.1) is 0 Å². The minimum atomic E-state index is -0.412. The quantitative estimate of drug-likeness (QED) is 0.555. The Bertz CT molecular complexity index is 927. The van der Waals surface area contributed by atoms with Crippen molar-refractivity contribution < 1.29 is 5.11 Å². The molecule has 0 aliphatic rings. The van der Waals surface area contributed by atoms with E-state index in [9.17, 15) is 9.90 Å². The van der Waals surface area contributed by atoms with Crippen molar-refractivity contribution in [2.45, 2.75) is 9.79 Å². The molecule has 4 nitrogen and oxygen atoms in total. The molecular formula is C15H11Cl3N2O2S. The first-order valence-corrected chi connectivity index (χ1v) is 7.80. The third-order valence-corrected chi connectivity index (χ3v) is 4.67. The van der Waals surface area contributed by atoms with Gasteiger partial charge in [0.25, 0.3) is 5.56 Å². The standard InChI is InChI=1S/C15H10Cl2N2O2S.ClH/c16-7-5-10(17)12-11(6-7)19-15(21)14(13(12)20)22-9-3-1-8(18)2-4-9;/h1-6H,18H2,(H2,19,20,21);1H. The Balaban J connectivity index is 0.00000192. The van der Waals surface area contributed by atoms with Crippen LogP contribution in [0.1, 0.15) is 0 Å². The zero-order chi connectivity index (χ0) is 15.9. The minimum Gasteiger partial charge on any atom is -0.506 e. The van der Waals surface area contributed by atoms with E-state index in [4.69, 9.17) is 28.9 Å². The lowest BCUT2D eigenvalue weighted by atomic mass is 10.2. The number of nitrogen functional groups attached to an aromatic ring is 1. The number of benzene rings is 2. The number of H-pyrrole nitrogens is 1. The number of anilines is 1. The maximum absolute atomic E-state index is 12.2. The molecule has 0 radical (unpaired) electrons. The molecule has 4 N–H and O–H groups in total. The van der Waals surface area contributed by atoms with Gasteiger partial charge in [0.15, 0.2) is 0 Å². The smallest absolute Gasteiger partial charge is 0.266 e. The first-order valence-electron chi connectivity index (χ1n) is 6.23. The van der Waals surface area contributed by atoms with Gasteiger partial charge in [-0.25, -0.2) is 0 Å². The highest BCUT2D eigenvalue weighted by molar-refractivity contribution is 7.99. The largest absolute Gasteiger partial charge is 0.506 e. The van der Waals surface area contributed by atoms with Gasteiger partial charge >= 0.3 is 0 Å². The third kappa shape index (κ3) is 3.53. The van der Waals surface area contributed by atoms with Crippen molar-refractivity contribution in [3.05, 3.63) is 56.8 Å². The summed E-state index contributed by atoms with van der Waals surface area (Å²) in [7, 11) is 0. The van der Waals surface area contributed by atoms with Crippen LogP contribution in [0.2, 0.25) is 10.0 Å². The molecular weight excluding hydrogens is 379 g/mol. The van der Waals surface area contributed by atoms with Crippen LogP contribution < -0.4 is 11.3 Å². The molecule has 0 atom stereocenters. The van der Waals surface area contributed by atoms with Crippen molar-refractivity contribution in [3.63, 3.8) is 0 Å². The highest BCUT2D eigenvalue weighted by Crippen LogP contribution is 2.39. The molecule has 0 aliphatic heterocycles. The van der Waals surface area contributed by atoms with Gasteiger partial charge in [0.05, 0.1) is 15.9 Å². The number of aromatic hydroxyl groups is 1. The average Bonchev–Trinajstić information content (AvgIpc) is 2.44. The van der Waals surface area contributed by atoms with Crippen LogP contribution in [0.25, 0.3) is 10.9 Å². The Morgan fingerprint density at radius 1 is 1.13 bits per heavy atom. The number of fused-ring (bicyclic) bond motifs is 1. The van der Waals surface area contributed by atoms with E-state index in [1.807, 2.05) is 0 Å². The summed E-state index contributed by atoms with van der Waals surface area (Å²) in [5, 5.41) is 11.4. The summed E-state index contributed by atoms with van der Waals surface area (Å²) in [6, 6.07) is 10.0. The van der Waals surface area contributed by atoms with E-state index in [0.717, 1.165) is 16.7 Å². The zero-order valence-electron chi connectivity index (χ0n) is 11.5. The van der Waals surface area contributed by atoms with Crippen molar-refractivity contribution in [2.24, 2.45) is 0 Å². The average molecular weight is 390 g/mol. The van der Waals surface area contributed by atoms with Crippen LogP contribution in [0.4, 0.5) is 5.69 Å². The van der Waals surface area contributed by atoms with Crippen LogP contribution >= 0.6 is 47.4 Å². The van der Waals surface area contributed by atoms with Crippen molar-refractivity contribution in [1.82, 2.24) is 4.98 Å². The predicted octanol–water partition coefficient (Wildman–Crippen LogP) is 4.70. The van der Waals surface area contributed by atoms with E-state index in [2.05, 4.69) is 4.98 Å². The maximum atomic E-state index is 12.2. The molecule has 1 heterocycles. The van der Waals surface area contributed by atoms with E-state index in [1.54, 1.807) is 30.3 Å². The number of halogens is 3. The fraction of sp³-hybridized carbons (Fsp3) is 0. The summed E-state index contributed by atoms with van der Waals surface area (Å²) in [5.74, 6) is -0.165. The van der Waals surface area contributed by atoms with Gasteiger partial charge in [0.1, 0.15) is 10.6 Å². The van der Waals surface area contributed by atoms with E-state index in [-0.39, 0.29) is 28.1 Å². The van der Waals surface area contributed by atoms with Gasteiger partial charge in [-0.1, -0.05) is 35.0 Å². The lowest BCUT2D eigenvalue weighted by molar-refractivity contribution is 0.467. The molecule has 0 amide bonds. The molecule has 3 aromatic rings. The SMILES string of the molecule is Cl.Nc1ccc(Sc2c(O)c3c(Cl)cc(Cl)cc3[nH]c2=O)cc1. The number of hydrogen-bond donors (Lipinski definition) is 3. The van der Waals surface area contributed by atoms with Gasteiger partial charge in [-0.15, -0.1) is 12.4 Å². The summed E-state index contributed by atoms with van der Waals surface area (Å²) in [4.78, 5) is 15.8. The second kappa shape index (κ2) is 6.93. The number of pyridine rings is 1. The summed E-state index contributed by atoms with van der Waals surface area (Å²) in [5.41, 5.74) is 6.23. The summed E-state index contributed by atoms with van der Waals surface area (Å²) in [6.07, 6.45) is 0. The number of aromatic nitrogens is 1. The predicted molar refractivity (Wildman–Crippen MR) is 98.5 cm³/mol. The van der Waals surface area contributed by atoms with Crippen molar-refractivity contribution >= 4 is 64.0 Å². The van der Waals surface area contributed by atoms with E-state index in [1.165, 1.54) is 6.07 Å². The number of nitrogens with two attached hydrogens (primary N) is 1. The van der Waals surface area contributed by atoms with E-state index in [0.29, 0.717) is 21.6 Å². The highest BCUT2D eigenvalue weighted by Gasteiger charge is 2.16. The summed E-state index contributed by atoms with van der Waals surface area (Å²) >= 11 is 13.2. The third-order valence-electron chi connectivity index (χ3n) is 3.06. The molecule has 2 aromatic carbocycles. The van der Waals surface area contributed by atoms with Gasteiger partial charge in [0.2, 0.25) is 0 Å². The van der Waals surface area contributed by atoms with Gasteiger partial charge in [-0.05, 0) is 36.4 Å². The molecule has 23 heavy (non-hydrogen) atoms. The molecule has 0 fully saturated rings. The van der Waals surface area contributed by atoms with Crippen molar-refractivity contribution in [2.75, 3.05) is 5.73 Å². The second-order valence-corrected chi connectivity index (χ2v) is 6.54. The van der Waals surface area contributed by atoms with Gasteiger partial charge in [-0.3, -0.25) is 4.79 Å². The maximum Gasteiger partial charge on any atom is 0.266 e. The van der Waals surface area contributed by atoms with Crippen LogP contribution in [0.15, 0.2) is 51.0 Å². The van der Waals surface area contributed by atoms with Crippen LogP contribution in [-0.2, 0) is 0 Å². The molecule has 120 valence electrons. The Hall–Kier alpha value is -1.53. The van der Waals surface area contributed by atoms with Gasteiger partial charge < -0.3 is 15.8 Å². The molecule has 3 rings (SSSR count). The van der Waals surface area contributed by atoms with Gasteiger partial charge in [0, 0.05) is 15.6 Å². The Morgan fingerprint density at radius 3 is 2.43 bits per heavy atom. The van der Waals surface area contributed by atoms with Crippen LogP contribution in [0.3, 0.4) is 0 Å². The molecule has 0 saturated heterocycles. The van der Waals surface area contributed by atoms with Crippen molar-refractivity contribution in [3.8, 4) is 5.75 Å². The molecule has 0 unspecified atom stereocenters. The molecule has 8 heteroatoms. The molecule has 0 bridgehead atoms. The first kappa shape index (κ1) is 17.8. The van der Waals surface area contributed by atoms with Crippen LogP contribution in [0.5, 0.6) is 5.75 Å². The van der Waals surface area contributed by atoms with Gasteiger partial charge in [-0.2, -0.15) is 0 Å². The summed E-state index contributed by atoms with van der Waals surface area (Å²) in [6.45, 7) is 0. The number of nitrogens with one attached hydrogen (secondary N) is 1. The first-order chi connectivity index (χ1) is 10.5. The number of aromatic amines is 1. The molecule has 0 spiro atoms. The van der Waals surface area contributed by atoms with Crippen LogP contribution in [-0.4, -0.2) is 10.1 Å². The monoisotopic (exact) mass is 388 g/mol. The fourth-order valence-electron chi connectivity index (χ4n) is 2.06. The fourth-order valence-corrected chi connectivity index (χ4v) is 3.49. The molecule has 0 aliphatic carbocycles. The second-order valence-electron chi connectivity index (χ2n) is 4.61. The Labute approximate surface area is 152 Å². The normalized spacial score (nSPS) is 10.5. The van der Waals surface area contributed by atoms with E-state index < -0.39 is 5.56 Å². The highest BCUT2D eigenvalue weighted by atomic mass is 35.5. The molecule has 0 saturated carbocycles. The lowest BCUT2D eigenvalue weighted by Gasteiger charge is -2.09.